The molecule has 1 N–H and O–H groups in total. The van der Waals surface area contributed by atoms with Gasteiger partial charge in [0.25, 0.3) is 0 Å². The van der Waals surface area contributed by atoms with Gasteiger partial charge in [-0.1, -0.05) is 6.07 Å². The molecule has 3 rings (SSSR count). The zero-order valence-corrected chi connectivity index (χ0v) is 14.0. The number of carbonyl (C=O) groups is 2. The topological polar surface area (TPSA) is 67.9 Å². The predicted octanol–water partition coefficient (Wildman–Crippen LogP) is 2.02. The molecule has 2 heterocycles. The number of amides is 2. The van der Waals surface area contributed by atoms with Crippen LogP contribution in [0.4, 0.5) is 13.2 Å². The van der Waals surface area contributed by atoms with Crippen LogP contribution in [0.5, 0.6) is 11.5 Å². The molecule has 2 aliphatic rings. The van der Waals surface area contributed by atoms with Gasteiger partial charge in [0.15, 0.2) is 11.5 Å². The van der Waals surface area contributed by atoms with E-state index in [2.05, 4.69) is 5.32 Å². The minimum Gasteiger partial charge on any atom is -0.454 e. The van der Waals surface area contributed by atoms with Crippen molar-refractivity contribution >= 4 is 11.8 Å². The van der Waals surface area contributed by atoms with Crippen molar-refractivity contribution in [3.05, 3.63) is 23.8 Å². The van der Waals surface area contributed by atoms with Crippen LogP contribution in [0.1, 0.15) is 24.8 Å². The number of benzene rings is 1. The molecular weight excluding hydrogens is 353 g/mol. The first-order valence-corrected chi connectivity index (χ1v) is 8.40. The van der Waals surface area contributed by atoms with Crippen molar-refractivity contribution in [1.29, 1.82) is 0 Å². The number of alkyl halides is 3. The highest BCUT2D eigenvalue weighted by Gasteiger charge is 2.47. The third-order valence-corrected chi connectivity index (χ3v) is 4.44. The Morgan fingerprint density at radius 2 is 2.00 bits per heavy atom. The Morgan fingerprint density at radius 3 is 2.77 bits per heavy atom. The molecular formula is C17H19F3N2O4. The van der Waals surface area contributed by atoms with E-state index in [9.17, 15) is 22.8 Å². The minimum atomic E-state index is -4.96. The molecule has 0 saturated carbocycles. The number of halogens is 3. The molecule has 1 fully saturated rings. The lowest BCUT2D eigenvalue weighted by atomic mass is 10.1. The maximum atomic E-state index is 12.6. The molecule has 0 spiro atoms. The highest BCUT2D eigenvalue weighted by Crippen LogP contribution is 2.32. The zero-order chi connectivity index (χ0) is 18.7. The van der Waals surface area contributed by atoms with Gasteiger partial charge >= 0.3 is 12.1 Å². The number of hydrogen-bond donors (Lipinski definition) is 1. The summed E-state index contributed by atoms with van der Waals surface area (Å²) in [5.41, 5.74) is 1.01. The number of fused-ring (bicyclic) bond motifs is 1. The monoisotopic (exact) mass is 372 g/mol. The second kappa shape index (κ2) is 7.43. The number of nitrogens with one attached hydrogen (secondary N) is 1. The fraction of sp³-hybridized carbons (Fsp3) is 0.529. The van der Waals surface area contributed by atoms with Gasteiger partial charge in [-0.25, -0.2) is 0 Å². The zero-order valence-electron chi connectivity index (χ0n) is 14.0. The highest BCUT2D eigenvalue weighted by atomic mass is 19.4. The van der Waals surface area contributed by atoms with Gasteiger partial charge in [-0.05, 0) is 43.4 Å². The smallest absolute Gasteiger partial charge is 0.454 e. The van der Waals surface area contributed by atoms with E-state index < -0.39 is 24.0 Å². The summed E-state index contributed by atoms with van der Waals surface area (Å²) in [7, 11) is 0. The van der Waals surface area contributed by atoms with Crippen molar-refractivity contribution in [3.63, 3.8) is 0 Å². The quantitative estimate of drug-likeness (QED) is 0.803. The van der Waals surface area contributed by atoms with Gasteiger partial charge in [0, 0.05) is 13.1 Å². The van der Waals surface area contributed by atoms with Crippen molar-refractivity contribution in [2.45, 2.75) is 37.9 Å². The van der Waals surface area contributed by atoms with Crippen LogP contribution >= 0.6 is 0 Å². The van der Waals surface area contributed by atoms with Crippen molar-refractivity contribution in [2.24, 2.45) is 0 Å². The number of rotatable bonds is 5. The SMILES string of the molecule is O=C(NCCCc1ccc2c(c1)OCO2)C1CCCN1C(=O)C(F)(F)F. The number of nitrogens with zero attached hydrogens (tertiary/aromatic N) is 1. The normalized spacial score (nSPS) is 18.9. The van der Waals surface area contributed by atoms with Crippen molar-refractivity contribution in [3.8, 4) is 11.5 Å². The van der Waals surface area contributed by atoms with Gasteiger partial charge in [0.1, 0.15) is 6.04 Å². The van der Waals surface area contributed by atoms with E-state index in [0.717, 1.165) is 5.56 Å². The molecule has 9 heteroatoms. The van der Waals surface area contributed by atoms with Crippen molar-refractivity contribution < 1.29 is 32.2 Å². The molecule has 0 aromatic heterocycles. The Morgan fingerprint density at radius 1 is 1.23 bits per heavy atom. The molecule has 1 aromatic rings. The summed E-state index contributed by atoms with van der Waals surface area (Å²) in [5, 5.41) is 2.63. The van der Waals surface area contributed by atoms with Crippen molar-refractivity contribution in [2.75, 3.05) is 19.9 Å². The summed E-state index contributed by atoms with van der Waals surface area (Å²) < 4.78 is 48.3. The lowest BCUT2D eigenvalue weighted by molar-refractivity contribution is -0.186. The van der Waals surface area contributed by atoms with E-state index in [4.69, 9.17) is 9.47 Å². The van der Waals surface area contributed by atoms with Gasteiger partial charge in [0.05, 0.1) is 0 Å². The van der Waals surface area contributed by atoms with Gasteiger partial charge in [0.2, 0.25) is 12.7 Å². The van der Waals surface area contributed by atoms with Gasteiger partial charge in [-0.2, -0.15) is 13.2 Å². The highest BCUT2D eigenvalue weighted by molar-refractivity contribution is 5.90. The molecule has 26 heavy (non-hydrogen) atoms. The van der Waals surface area contributed by atoms with Crippen LogP contribution in [-0.2, 0) is 16.0 Å². The third-order valence-electron chi connectivity index (χ3n) is 4.44. The maximum absolute atomic E-state index is 12.6. The Bertz CT molecular complexity index is 693. The summed E-state index contributed by atoms with van der Waals surface area (Å²) in [6.07, 6.45) is -3.03. The fourth-order valence-electron chi connectivity index (χ4n) is 3.16. The number of likely N-dealkylation sites (tertiary alicyclic amines) is 1. The molecule has 1 unspecified atom stereocenters. The molecule has 1 saturated heterocycles. The van der Waals surface area contributed by atoms with Gasteiger partial charge in [-0.3, -0.25) is 9.59 Å². The number of hydrogen-bond acceptors (Lipinski definition) is 4. The van der Waals surface area contributed by atoms with E-state index in [0.29, 0.717) is 42.2 Å². The van der Waals surface area contributed by atoms with E-state index in [1.165, 1.54) is 0 Å². The first kappa shape index (κ1) is 18.3. The molecule has 2 aliphatic heterocycles. The predicted molar refractivity (Wildman–Crippen MR) is 84.7 cm³/mol. The van der Waals surface area contributed by atoms with E-state index in [1.807, 2.05) is 18.2 Å². The molecule has 142 valence electrons. The summed E-state index contributed by atoms with van der Waals surface area (Å²) in [6, 6.07) is 4.53. The van der Waals surface area contributed by atoms with Crippen LogP contribution in [0.15, 0.2) is 18.2 Å². The number of ether oxygens (including phenoxy) is 2. The summed E-state index contributed by atoms with van der Waals surface area (Å²) in [4.78, 5) is 24.1. The van der Waals surface area contributed by atoms with Gasteiger partial charge < -0.3 is 19.7 Å². The molecule has 1 atom stereocenters. The summed E-state index contributed by atoms with van der Waals surface area (Å²) in [5.74, 6) is -1.11. The first-order valence-electron chi connectivity index (χ1n) is 8.40. The van der Waals surface area contributed by atoms with Crippen LogP contribution in [0, 0.1) is 0 Å². The molecule has 6 nitrogen and oxygen atoms in total. The second-order valence-corrected chi connectivity index (χ2v) is 6.24. The van der Waals surface area contributed by atoms with Gasteiger partial charge in [-0.15, -0.1) is 0 Å². The molecule has 1 aromatic carbocycles. The largest absolute Gasteiger partial charge is 0.471 e. The van der Waals surface area contributed by atoms with Crippen LogP contribution < -0.4 is 14.8 Å². The van der Waals surface area contributed by atoms with E-state index in [1.54, 1.807) is 0 Å². The minimum absolute atomic E-state index is 0.0480. The number of carbonyl (C=O) groups excluding carboxylic acids is 2. The number of aryl methyl sites for hydroxylation is 1. The van der Waals surface area contributed by atoms with Crippen LogP contribution in [0.3, 0.4) is 0 Å². The Labute approximate surface area is 148 Å². The Kier molecular flexibility index (Phi) is 5.24. The molecule has 0 aliphatic carbocycles. The van der Waals surface area contributed by atoms with Crippen LogP contribution in [0.25, 0.3) is 0 Å². The maximum Gasteiger partial charge on any atom is 0.471 e. The Hall–Kier alpha value is -2.45. The standard InChI is InChI=1S/C17H19F3N2O4/c18-17(19,20)16(24)22-8-2-4-12(22)15(23)21-7-1-3-11-5-6-13-14(9-11)26-10-25-13/h5-6,9,12H,1-4,7-8,10H2,(H,21,23). The second-order valence-electron chi connectivity index (χ2n) is 6.24. The lowest BCUT2D eigenvalue weighted by Gasteiger charge is -2.24. The Balaban J connectivity index is 1.46. The van der Waals surface area contributed by atoms with Crippen molar-refractivity contribution in [1.82, 2.24) is 10.2 Å². The molecule has 2 amide bonds. The van der Waals surface area contributed by atoms with Crippen LogP contribution in [-0.4, -0.2) is 48.8 Å². The molecule has 0 bridgehead atoms. The fourth-order valence-corrected chi connectivity index (χ4v) is 3.16. The average molecular weight is 372 g/mol. The van der Waals surface area contributed by atoms with E-state index >= 15 is 0 Å². The average Bonchev–Trinajstić information content (AvgIpc) is 3.25. The van der Waals surface area contributed by atoms with Crippen LogP contribution in [0.2, 0.25) is 0 Å². The van der Waals surface area contributed by atoms with E-state index in [-0.39, 0.29) is 19.8 Å². The summed E-state index contributed by atoms with van der Waals surface area (Å²) >= 11 is 0. The molecule has 0 radical (unpaired) electrons. The lowest BCUT2D eigenvalue weighted by Crippen LogP contribution is -2.50. The summed E-state index contributed by atoms with van der Waals surface area (Å²) in [6.45, 7) is 0.467. The third kappa shape index (κ3) is 4.03. The first-order chi connectivity index (χ1) is 12.4.